The highest BCUT2D eigenvalue weighted by molar-refractivity contribution is 5.95. The zero-order valence-corrected chi connectivity index (χ0v) is 17.2. The van der Waals surface area contributed by atoms with Crippen molar-refractivity contribution < 1.29 is 18.7 Å². The summed E-state index contributed by atoms with van der Waals surface area (Å²) in [4.78, 5) is 14.8. The molecule has 0 radical (unpaired) electrons. The van der Waals surface area contributed by atoms with Gasteiger partial charge in [0.2, 0.25) is 0 Å². The van der Waals surface area contributed by atoms with Crippen molar-refractivity contribution in [2.24, 2.45) is 5.41 Å². The van der Waals surface area contributed by atoms with Gasteiger partial charge in [-0.25, -0.2) is 4.39 Å². The van der Waals surface area contributed by atoms with Crippen LogP contribution in [0.15, 0.2) is 18.2 Å². The van der Waals surface area contributed by atoms with Crippen molar-refractivity contribution in [2.45, 2.75) is 45.7 Å². The van der Waals surface area contributed by atoms with Gasteiger partial charge in [-0.05, 0) is 43.4 Å². The van der Waals surface area contributed by atoms with Gasteiger partial charge in [0.25, 0.3) is 5.91 Å². The number of piperidine rings is 1. The molecule has 1 aromatic carbocycles. The molecule has 1 aromatic rings. The predicted molar refractivity (Wildman–Crippen MR) is 105 cm³/mol. The SMILES string of the molecule is COc1cc(OC)cc(C(=O)NCC2(F)CCN(CCC(C)(C)C)CC2)c1. The lowest BCUT2D eigenvalue weighted by molar-refractivity contribution is 0.0508. The van der Waals surface area contributed by atoms with E-state index >= 15 is 4.39 Å². The topological polar surface area (TPSA) is 50.8 Å². The van der Waals surface area contributed by atoms with Crippen LogP contribution >= 0.6 is 0 Å². The Kier molecular flexibility index (Phi) is 7.09. The van der Waals surface area contributed by atoms with Gasteiger partial charge in [-0.15, -0.1) is 0 Å². The number of hydrogen-bond donors (Lipinski definition) is 1. The molecule has 152 valence electrons. The van der Waals surface area contributed by atoms with Gasteiger partial charge >= 0.3 is 0 Å². The number of carbonyl (C=O) groups excluding carboxylic acids is 1. The number of likely N-dealkylation sites (tertiary alicyclic amines) is 1. The average molecular weight is 381 g/mol. The molecule has 0 bridgehead atoms. The van der Waals surface area contributed by atoms with Crippen molar-refractivity contribution in [3.05, 3.63) is 23.8 Å². The Morgan fingerprint density at radius 3 is 2.19 bits per heavy atom. The van der Waals surface area contributed by atoms with Crippen LogP contribution in [0.1, 0.15) is 50.4 Å². The Hall–Kier alpha value is -1.82. The van der Waals surface area contributed by atoms with Crippen LogP contribution in [0.25, 0.3) is 0 Å². The molecule has 0 unspecified atom stereocenters. The highest BCUT2D eigenvalue weighted by atomic mass is 19.1. The van der Waals surface area contributed by atoms with Gasteiger partial charge in [-0.2, -0.15) is 0 Å². The van der Waals surface area contributed by atoms with Gasteiger partial charge in [0.1, 0.15) is 17.2 Å². The second-order valence-corrected chi connectivity index (χ2v) is 8.59. The Morgan fingerprint density at radius 1 is 1.15 bits per heavy atom. The van der Waals surface area contributed by atoms with E-state index in [1.54, 1.807) is 18.2 Å². The number of nitrogens with one attached hydrogen (secondary N) is 1. The first-order valence-electron chi connectivity index (χ1n) is 9.57. The monoisotopic (exact) mass is 380 g/mol. The Balaban J connectivity index is 1.86. The van der Waals surface area contributed by atoms with Crippen LogP contribution in [-0.4, -0.2) is 56.9 Å². The number of alkyl halides is 1. The second-order valence-electron chi connectivity index (χ2n) is 8.59. The first kappa shape index (κ1) is 21.5. The molecule has 1 aliphatic heterocycles. The lowest BCUT2D eigenvalue weighted by Gasteiger charge is -2.37. The Labute approximate surface area is 162 Å². The van der Waals surface area contributed by atoms with Crippen molar-refractivity contribution in [3.63, 3.8) is 0 Å². The minimum atomic E-state index is -1.35. The molecule has 1 heterocycles. The molecule has 0 aliphatic carbocycles. The van der Waals surface area contributed by atoms with Crippen molar-refractivity contribution in [1.82, 2.24) is 10.2 Å². The number of ether oxygens (including phenoxy) is 2. The molecule has 1 aliphatic rings. The van der Waals surface area contributed by atoms with Crippen molar-refractivity contribution in [3.8, 4) is 11.5 Å². The number of carbonyl (C=O) groups is 1. The van der Waals surface area contributed by atoms with Crippen LogP contribution in [0.3, 0.4) is 0 Å². The molecule has 6 heteroatoms. The van der Waals surface area contributed by atoms with Crippen LogP contribution in [0.5, 0.6) is 11.5 Å². The van der Waals surface area contributed by atoms with Gasteiger partial charge in [0, 0.05) is 24.7 Å². The molecule has 2 rings (SSSR count). The summed E-state index contributed by atoms with van der Waals surface area (Å²) < 4.78 is 25.5. The van der Waals surface area contributed by atoms with Gasteiger partial charge in [0.05, 0.1) is 20.8 Å². The molecule has 0 spiro atoms. The van der Waals surface area contributed by atoms with E-state index in [9.17, 15) is 4.79 Å². The highest BCUT2D eigenvalue weighted by Gasteiger charge is 2.35. The van der Waals surface area contributed by atoms with E-state index in [0.717, 1.165) is 26.1 Å². The molecule has 1 fully saturated rings. The smallest absolute Gasteiger partial charge is 0.251 e. The average Bonchev–Trinajstić information content (AvgIpc) is 2.64. The number of rotatable bonds is 7. The summed E-state index contributed by atoms with van der Waals surface area (Å²) in [6.07, 6.45) is 1.98. The molecule has 5 nitrogen and oxygen atoms in total. The third kappa shape index (κ3) is 6.69. The summed E-state index contributed by atoms with van der Waals surface area (Å²) in [5.74, 6) is 0.739. The summed E-state index contributed by atoms with van der Waals surface area (Å²) in [6.45, 7) is 9.15. The van der Waals surface area contributed by atoms with Gasteiger partial charge < -0.3 is 19.7 Å². The second kappa shape index (κ2) is 8.91. The molecule has 0 saturated carbocycles. The largest absolute Gasteiger partial charge is 0.497 e. The molecule has 0 atom stereocenters. The molecule has 1 saturated heterocycles. The summed E-state index contributed by atoms with van der Waals surface area (Å²) in [6, 6.07) is 4.94. The Bertz CT molecular complexity index is 613. The first-order chi connectivity index (χ1) is 12.6. The molecule has 0 aromatic heterocycles. The maximum atomic E-state index is 15.1. The van der Waals surface area contributed by atoms with Crippen LogP contribution < -0.4 is 14.8 Å². The third-order valence-electron chi connectivity index (χ3n) is 5.11. The fraction of sp³-hybridized carbons (Fsp3) is 0.667. The van der Waals surface area contributed by atoms with Crippen molar-refractivity contribution in [2.75, 3.05) is 40.4 Å². The molecular formula is C21H33FN2O3. The maximum Gasteiger partial charge on any atom is 0.251 e. The van der Waals surface area contributed by atoms with E-state index in [1.165, 1.54) is 14.2 Å². The van der Waals surface area contributed by atoms with Gasteiger partial charge in [-0.1, -0.05) is 20.8 Å². The van der Waals surface area contributed by atoms with E-state index in [1.807, 2.05) is 0 Å². The standard InChI is InChI=1S/C21H33FN2O3/c1-20(2,3)6-9-24-10-7-21(22,8-11-24)15-23-19(25)16-12-17(26-4)14-18(13-16)27-5/h12-14H,6-11,15H2,1-5H3,(H,23,25). The van der Waals surface area contributed by atoms with Gasteiger partial charge in [0.15, 0.2) is 0 Å². The maximum absolute atomic E-state index is 15.1. The third-order valence-corrected chi connectivity index (χ3v) is 5.11. The van der Waals surface area contributed by atoms with E-state index in [0.29, 0.717) is 29.9 Å². The molecule has 27 heavy (non-hydrogen) atoms. The van der Waals surface area contributed by atoms with E-state index in [2.05, 4.69) is 31.0 Å². The number of hydrogen-bond acceptors (Lipinski definition) is 4. The molecule has 1 amide bonds. The molecular weight excluding hydrogens is 347 g/mol. The number of nitrogens with zero attached hydrogens (tertiary/aromatic N) is 1. The van der Waals surface area contributed by atoms with E-state index < -0.39 is 5.67 Å². The zero-order valence-electron chi connectivity index (χ0n) is 17.2. The minimum absolute atomic E-state index is 0.0263. The summed E-state index contributed by atoms with van der Waals surface area (Å²) in [7, 11) is 3.06. The van der Waals surface area contributed by atoms with Gasteiger partial charge in [-0.3, -0.25) is 4.79 Å². The normalized spacial score (nSPS) is 17.4. The number of benzene rings is 1. The number of halogens is 1. The minimum Gasteiger partial charge on any atom is -0.497 e. The number of amides is 1. The van der Waals surface area contributed by atoms with Crippen molar-refractivity contribution >= 4 is 5.91 Å². The predicted octanol–water partition coefficient (Wildman–Crippen LogP) is 3.67. The quantitative estimate of drug-likeness (QED) is 0.784. The van der Waals surface area contributed by atoms with Crippen LogP contribution in [0, 0.1) is 5.41 Å². The zero-order chi connectivity index (χ0) is 20.1. The summed E-state index contributed by atoms with van der Waals surface area (Å²) >= 11 is 0. The summed E-state index contributed by atoms with van der Waals surface area (Å²) in [5.41, 5.74) is -0.662. The van der Waals surface area contributed by atoms with E-state index in [4.69, 9.17) is 9.47 Å². The molecule has 1 N–H and O–H groups in total. The lowest BCUT2D eigenvalue weighted by Crippen LogP contribution is -2.48. The van der Waals surface area contributed by atoms with Crippen LogP contribution in [0.4, 0.5) is 4.39 Å². The first-order valence-corrected chi connectivity index (χ1v) is 9.57. The van der Waals surface area contributed by atoms with Crippen LogP contribution in [0.2, 0.25) is 0 Å². The van der Waals surface area contributed by atoms with Crippen molar-refractivity contribution in [1.29, 1.82) is 0 Å². The fourth-order valence-electron chi connectivity index (χ4n) is 3.13. The number of methoxy groups -OCH3 is 2. The summed E-state index contributed by atoms with van der Waals surface area (Å²) in [5, 5.41) is 2.74. The highest BCUT2D eigenvalue weighted by Crippen LogP contribution is 2.28. The van der Waals surface area contributed by atoms with E-state index in [-0.39, 0.29) is 17.9 Å². The fourth-order valence-corrected chi connectivity index (χ4v) is 3.13. The van der Waals surface area contributed by atoms with Crippen LogP contribution in [-0.2, 0) is 0 Å². The lowest BCUT2D eigenvalue weighted by atomic mass is 9.90. The Morgan fingerprint density at radius 2 is 1.70 bits per heavy atom.